The molecule has 8 heteroatoms. The Hall–Kier alpha value is -2.48. The fourth-order valence-electron chi connectivity index (χ4n) is 4.42. The predicted molar refractivity (Wildman–Crippen MR) is 108 cm³/mol. The summed E-state index contributed by atoms with van der Waals surface area (Å²) in [5.41, 5.74) is 2.11. The maximum absolute atomic E-state index is 11.6. The van der Waals surface area contributed by atoms with Crippen LogP contribution in [0.25, 0.3) is 0 Å². The van der Waals surface area contributed by atoms with E-state index in [1.54, 1.807) is 0 Å². The van der Waals surface area contributed by atoms with Gasteiger partial charge in [0.25, 0.3) is 0 Å². The zero-order valence-electron chi connectivity index (χ0n) is 17.3. The molecule has 8 nitrogen and oxygen atoms in total. The average molecular weight is 399 g/mol. The molecule has 156 valence electrons. The fraction of sp³-hybridized carbons (Fsp3) is 0.619. The van der Waals surface area contributed by atoms with Crippen LogP contribution < -0.4 is 5.32 Å². The number of anilines is 2. The molecule has 1 saturated carbocycles. The van der Waals surface area contributed by atoms with E-state index in [2.05, 4.69) is 15.4 Å². The van der Waals surface area contributed by atoms with Crippen molar-refractivity contribution in [2.45, 2.75) is 71.4 Å². The summed E-state index contributed by atoms with van der Waals surface area (Å²) in [5, 5.41) is 17.4. The lowest BCUT2D eigenvalue weighted by Gasteiger charge is -2.23. The lowest BCUT2D eigenvalue weighted by Crippen LogP contribution is -2.23. The van der Waals surface area contributed by atoms with Gasteiger partial charge in [-0.3, -0.25) is 4.79 Å². The quantitative estimate of drug-likeness (QED) is 0.780. The third-order valence-corrected chi connectivity index (χ3v) is 6.14. The first-order valence-electron chi connectivity index (χ1n) is 10.4. The molecule has 0 aromatic carbocycles. The second kappa shape index (κ2) is 7.74. The van der Waals surface area contributed by atoms with E-state index in [1.807, 2.05) is 37.6 Å². The summed E-state index contributed by atoms with van der Waals surface area (Å²) in [6.07, 6.45) is 5.30. The van der Waals surface area contributed by atoms with Crippen LogP contribution in [0.1, 0.15) is 74.7 Å². The SMILES string of the molecule is Cc1cc([C@H]2CC[C@](C)(C(=O)O)C2)nc(Nc2cc(C)n(C3CCCCO3)n2)n1. The Morgan fingerprint density at radius 3 is 2.79 bits per heavy atom. The smallest absolute Gasteiger partial charge is 0.309 e. The van der Waals surface area contributed by atoms with Crippen molar-refractivity contribution in [3.05, 3.63) is 29.2 Å². The van der Waals surface area contributed by atoms with Gasteiger partial charge in [-0.15, -0.1) is 0 Å². The van der Waals surface area contributed by atoms with Crippen molar-refractivity contribution in [2.24, 2.45) is 5.41 Å². The normalized spacial score (nSPS) is 27.1. The molecule has 1 aliphatic carbocycles. The van der Waals surface area contributed by atoms with Gasteiger partial charge in [0.15, 0.2) is 12.0 Å². The lowest BCUT2D eigenvalue weighted by atomic mass is 9.87. The van der Waals surface area contributed by atoms with Crippen LogP contribution in [-0.2, 0) is 9.53 Å². The molecular formula is C21H29N5O3. The molecule has 3 heterocycles. The van der Waals surface area contributed by atoms with Crippen molar-refractivity contribution in [3.63, 3.8) is 0 Å². The molecule has 1 saturated heterocycles. The Morgan fingerprint density at radius 1 is 1.28 bits per heavy atom. The van der Waals surface area contributed by atoms with Gasteiger partial charge in [0.1, 0.15) is 0 Å². The van der Waals surface area contributed by atoms with E-state index in [0.29, 0.717) is 24.6 Å². The van der Waals surface area contributed by atoms with Crippen molar-refractivity contribution >= 4 is 17.7 Å². The van der Waals surface area contributed by atoms with E-state index >= 15 is 0 Å². The zero-order chi connectivity index (χ0) is 20.6. The number of nitrogens with zero attached hydrogens (tertiary/aromatic N) is 4. The van der Waals surface area contributed by atoms with E-state index in [1.165, 1.54) is 0 Å². The molecular weight excluding hydrogens is 370 g/mol. The van der Waals surface area contributed by atoms with Crippen LogP contribution in [0.5, 0.6) is 0 Å². The first kappa shape index (κ1) is 19.8. The zero-order valence-corrected chi connectivity index (χ0v) is 17.3. The number of ether oxygens (including phenoxy) is 1. The molecule has 1 unspecified atom stereocenters. The number of aromatic nitrogens is 4. The van der Waals surface area contributed by atoms with Crippen LogP contribution in [0.2, 0.25) is 0 Å². The molecule has 4 rings (SSSR count). The highest BCUT2D eigenvalue weighted by molar-refractivity contribution is 5.74. The van der Waals surface area contributed by atoms with Gasteiger partial charge in [-0.25, -0.2) is 14.6 Å². The van der Waals surface area contributed by atoms with Gasteiger partial charge in [0.05, 0.1) is 5.41 Å². The third-order valence-electron chi connectivity index (χ3n) is 6.14. The minimum atomic E-state index is -0.727. The van der Waals surface area contributed by atoms with Gasteiger partial charge < -0.3 is 15.2 Å². The molecule has 2 aromatic rings. The molecule has 0 spiro atoms. The second-order valence-corrected chi connectivity index (χ2v) is 8.63. The molecule has 1 aliphatic heterocycles. The highest BCUT2D eigenvalue weighted by atomic mass is 16.5. The number of carboxylic acids is 1. The maximum Gasteiger partial charge on any atom is 0.309 e. The number of hydrogen-bond acceptors (Lipinski definition) is 6. The lowest BCUT2D eigenvalue weighted by molar-refractivity contribution is -0.147. The maximum atomic E-state index is 11.6. The summed E-state index contributed by atoms with van der Waals surface area (Å²) in [6.45, 7) is 6.55. The van der Waals surface area contributed by atoms with Gasteiger partial charge in [0.2, 0.25) is 5.95 Å². The van der Waals surface area contributed by atoms with Crippen molar-refractivity contribution in [2.75, 3.05) is 11.9 Å². The van der Waals surface area contributed by atoms with Gasteiger partial charge in [-0.2, -0.15) is 5.10 Å². The molecule has 0 amide bonds. The Morgan fingerprint density at radius 2 is 2.10 bits per heavy atom. The Labute approximate surface area is 170 Å². The highest BCUT2D eigenvalue weighted by Crippen LogP contribution is 2.46. The van der Waals surface area contributed by atoms with E-state index in [0.717, 1.165) is 49.4 Å². The van der Waals surface area contributed by atoms with Crippen LogP contribution in [-0.4, -0.2) is 37.4 Å². The van der Waals surface area contributed by atoms with E-state index in [-0.39, 0.29) is 12.1 Å². The van der Waals surface area contributed by atoms with Crippen molar-refractivity contribution in [1.29, 1.82) is 0 Å². The fourth-order valence-corrected chi connectivity index (χ4v) is 4.42. The van der Waals surface area contributed by atoms with Crippen LogP contribution in [0, 0.1) is 19.3 Å². The van der Waals surface area contributed by atoms with Crippen molar-refractivity contribution in [1.82, 2.24) is 19.7 Å². The second-order valence-electron chi connectivity index (χ2n) is 8.63. The number of nitrogens with one attached hydrogen (secondary N) is 1. The van der Waals surface area contributed by atoms with Crippen LogP contribution >= 0.6 is 0 Å². The summed E-state index contributed by atoms with van der Waals surface area (Å²) in [7, 11) is 0. The van der Waals surface area contributed by atoms with Crippen LogP contribution in [0.4, 0.5) is 11.8 Å². The highest BCUT2D eigenvalue weighted by Gasteiger charge is 2.42. The number of hydrogen-bond donors (Lipinski definition) is 2. The summed E-state index contributed by atoms with van der Waals surface area (Å²) < 4.78 is 7.77. The monoisotopic (exact) mass is 399 g/mol. The summed E-state index contributed by atoms with van der Waals surface area (Å²) in [5.74, 6) is 0.594. The molecule has 2 aromatic heterocycles. The van der Waals surface area contributed by atoms with Crippen LogP contribution in [0.3, 0.4) is 0 Å². The average Bonchev–Trinajstić information content (AvgIpc) is 3.26. The number of rotatable bonds is 5. The molecule has 0 radical (unpaired) electrons. The van der Waals surface area contributed by atoms with Gasteiger partial charge in [0, 0.05) is 35.7 Å². The van der Waals surface area contributed by atoms with E-state index in [9.17, 15) is 9.90 Å². The molecule has 0 bridgehead atoms. The Bertz CT molecular complexity index is 906. The summed E-state index contributed by atoms with van der Waals surface area (Å²) in [4.78, 5) is 20.8. The predicted octanol–water partition coefficient (Wildman–Crippen LogP) is 4.09. The first-order valence-corrected chi connectivity index (χ1v) is 10.4. The Balaban J connectivity index is 1.52. The molecule has 2 N–H and O–H groups in total. The van der Waals surface area contributed by atoms with Gasteiger partial charge >= 0.3 is 5.97 Å². The largest absolute Gasteiger partial charge is 0.481 e. The van der Waals surface area contributed by atoms with E-state index < -0.39 is 11.4 Å². The van der Waals surface area contributed by atoms with Crippen molar-refractivity contribution in [3.8, 4) is 0 Å². The van der Waals surface area contributed by atoms with Crippen LogP contribution in [0.15, 0.2) is 12.1 Å². The Kier molecular flexibility index (Phi) is 5.29. The molecule has 29 heavy (non-hydrogen) atoms. The molecule has 2 aliphatic rings. The van der Waals surface area contributed by atoms with Gasteiger partial charge in [-0.05, 0) is 65.4 Å². The minimum Gasteiger partial charge on any atom is -0.481 e. The third kappa shape index (κ3) is 4.12. The standard InChI is InChI=1S/C21H29N5O3/c1-13-10-16(15-7-8-21(3,12-15)19(27)28)23-20(22-13)24-17-11-14(2)26(25-17)18-6-4-5-9-29-18/h10-11,15,18H,4-9,12H2,1-3H3,(H,27,28)(H,22,23,24,25)/t15-,18?,21-/m0/s1. The van der Waals surface area contributed by atoms with E-state index in [4.69, 9.17) is 9.72 Å². The summed E-state index contributed by atoms with van der Waals surface area (Å²) >= 11 is 0. The number of aryl methyl sites for hydroxylation is 2. The number of aliphatic carboxylic acids is 1. The molecule has 3 atom stereocenters. The molecule has 2 fully saturated rings. The number of carboxylic acid groups (broad SMARTS) is 1. The number of carbonyl (C=O) groups is 1. The van der Waals surface area contributed by atoms with Crippen molar-refractivity contribution < 1.29 is 14.6 Å². The first-order chi connectivity index (χ1) is 13.8. The topological polar surface area (TPSA) is 102 Å². The van der Waals surface area contributed by atoms with Gasteiger partial charge in [-0.1, -0.05) is 0 Å². The minimum absolute atomic E-state index is 0.0135. The summed E-state index contributed by atoms with van der Waals surface area (Å²) in [6, 6.07) is 3.93.